The Kier molecular flexibility index (Phi) is 4.84. The summed E-state index contributed by atoms with van der Waals surface area (Å²) in [7, 11) is 0. The van der Waals surface area contributed by atoms with E-state index in [4.69, 9.17) is 11.6 Å². The topological polar surface area (TPSA) is 24.1 Å². The predicted octanol–water partition coefficient (Wildman–Crippen LogP) is 3.13. The highest BCUT2D eigenvalue weighted by Gasteiger charge is 2.17. The summed E-state index contributed by atoms with van der Waals surface area (Å²) in [5.41, 5.74) is 1.34. The summed E-state index contributed by atoms with van der Waals surface area (Å²) >= 11 is 5.92. The van der Waals surface area contributed by atoms with Crippen molar-refractivity contribution in [2.24, 2.45) is 0 Å². The van der Waals surface area contributed by atoms with E-state index >= 15 is 0 Å². The number of hydrogen-bond donors (Lipinski definition) is 2. The van der Waals surface area contributed by atoms with Crippen molar-refractivity contribution >= 4 is 11.6 Å². The molecule has 1 aromatic rings. The Morgan fingerprint density at radius 3 is 2.53 bits per heavy atom. The Labute approximate surface area is 109 Å². The van der Waals surface area contributed by atoms with Gasteiger partial charge in [-0.25, -0.2) is 0 Å². The second kappa shape index (κ2) is 6.39. The fraction of sp³-hybridized carbons (Fsp3) is 0.571. The number of rotatable bonds is 4. The number of hydrogen-bond acceptors (Lipinski definition) is 2. The van der Waals surface area contributed by atoms with Gasteiger partial charge in [0.15, 0.2) is 0 Å². The Balaban J connectivity index is 1.97. The molecule has 1 aromatic carbocycles. The van der Waals surface area contributed by atoms with Gasteiger partial charge in [0.05, 0.1) is 0 Å². The van der Waals surface area contributed by atoms with Gasteiger partial charge in [0, 0.05) is 17.1 Å². The molecule has 0 bridgehead atoms. The van der Waals surface area contributed by atoms with Crippen molar-refractivity contribution in [1.82, 2.24) is 10.6 Å². The summed E-state index contributed by atoms with van der Waals surface area (Å²) in [5.74, 6) is 0. The average molecular weight is 253 g/mol. The maximum atomic E-state index is 5.92. The summed E-state index contributed by atoms with van der Waals surface area (Å²) < 4.78 is 0. The van der Waals surface area contributed by atoms with Gasteiger partial charge in [-0.05, 0) is 50.0 Å². The van der Waals surface area contributed by atoms with E-state index in [0.29, 0.717) is 12.1 Å². The van der Waals surface area contributed by atoms with Crippen LogP contribution in [0.3, 0.4) is 0 Å². The van der Waals surface area contributed by atoms with Crippen LogP contribution < -0.4 is 10.6 Å². The molecule has 1 unspecified atom stereocenters. The number of nitrogens with one attached hydrogen (secondary N) is 2. The van der Waals surface area contributed by atoms with Crippen molar-refractivity contribution < 1.29 is 0 Å². The van der Waals surface area contributed by atoms with E-state index in [1.165, 1.54) is 18.4 Å². The van der Waals surface area contributed by atoms with Crippen molar-refractivity contribution in [3.63, 3.8) is 0 Å². The largest absolute Gasteiger partial charge is 0.317 e. The van der Waals surface area contributed by atoms with E-state index in [0.717, 1.165) is 24.5 Å². The van der Waals surface area contributed by atoms with Gasteiger partial charge in [0.1, 0.15) is 0 Å². The first kappa shape index (κ1) is 12.9. The van der Waals surface area contributed by atoms with Crippen LogP contribution >= 0.6 is 11.6 Å². The first-order valence-electron chi connectivity index (χ1n) is 6.52. The highest BCUT2D eigenvalue weighted by atomic mass is 35.5. The molecule has 0 aromatic heterocycles. The molecule has 0 saturated carbocycles. The third-order valence-corrected chi connectivity index (χ3v) is 3.71. The van der Waals surface area contributed by atoms with Crippen LogP contribution in [0.25, 0.3) is 0 Å². The maximum absolute atomic E-state index is 5.92. The second-order valence-corrected chi connectivity index (χ2v) is 5.14. The molecule has 3 heteroatoms. The lowest BCUT2D eigenvalue weighted by Gasteiger charge is -2.28. The minimum absolute atomic E-state index is 0.454. The van der Waals surface area contributed by atoms with Crippen LogP contribution in [-0.4, -0.2) is 19.1 Å². The van der Waals surface area contributed by atoms with Crippen LogP contribution in [0.1, 0.15) is 37.8 Å². The third kappa shape index (κ3) is 3.70. The summed E-state index contributed by atoms with van der Waals surface area (Å²) in [6.07, 6.45) is 3.57. The van der Waals surface area contributed by atoms with Crippen molar-refractivity contribution in [2.75, 3.05) is 13.1 Å². The molecule has 2 nitrogen and oxygen atoms in total. The van der Waals surface area contributed by atoms with Crippen molar-refractivity contribution in [2.45, 2.75) is 38.3 Å². The van der Waals surface area contributed by atoms with Crippen LogP contribution in [0, 0.1) is 0 Å². The average Bonchev–Trinajstić information content (AvgIpc) is 2.38. The lowest BCUT2D eigenvalue weighted by atomic mass is 10.00. The number of benzene rings is 1. The van der Waals surface area contributed by atoms with Gasteiger partial charge in [-0.15, -0.1) is 0 Å². The van der Waals surface area contributed by atoms with Crippen LogP contribution in [0.2, 0.25) is 5.02 Å². The molecular formula is C14H21ClN2. The van der Waals surface area contributed by atoms with Crippen LogP contribution in [-0.2, 0) is 0 Å². The lowest BCUT2D eigenvalue weighted by Crippen LogP contribution is -2.41. The van der Waals surface area contributed by atoms with Crippen molar-refractivity contribution in [3.8, 4) is 0 Å². The molecule has 0 aliphatic carbocycles. The molecule has 2 rings (SSSR count). The SMILES string of the molecule is CCC(NC1CCNCC1)c1ccc(Cl)cc1. The smallest absolute Gasteiger partial charge is 0.0406 e. The zero-order valence-corrected chi connectivity index (χ0v) is 11.1. The molecule has 1 aliphatic heterocycles. The van der Waals surface area contributed by atoms with Crippen LogP contribution in [0.15, 0.2) is 24.3 Å². The molecule has 94 valence electrons. The van der Waals surface area contributed by atoms with Gasteiger partial charge in [-0.3, -0.25) is 0 Å². The Morgan fingerprint density at radius 2 is 1.94 bits per heavy atom. The Hall–Kier alpha value is -0.570. The van der Waals surface area contributed by atoms with Crippen LogP contribution in [0.4, 0.5) is 0 Å². The molecule has 1 atom stereocenters. The molecule has 0 radical (unpaired) electrons. The van der Waals surface area contributed by atoms with E-state index in [9.17, 15) is 0 Å². The van der Waals surface area contributed by atoms with Gasteiger partial charge >= 0.3 is 0 Å². The fourth-order valence-corrected chi connectivity index (χ4v) is 2.54. The zero-order chi connectivity index (χ0) is 12.1. The monoisotopic (exact) mass is 252 g/mol. The lowest BCUT2D eigenvalue weighted by molar-refractivity contribution is 0.345. The fourth-order valence-electron chi connectivity index (χ4n) is 2.42. The van der Waals surface area contributed by atoms with Gasteiger partial charge in [-0.2, -0.15) is 0 Å². The standard InChI is InChI=1S/C14H21ClN2/c1-2-14(11-3-5-12(15)6-4-11)17-13-7-9-16-10-8-13/h3-6,13-14,16-17H,2,7-10H2,1H3. The minimum atomic E-state index is 0.454. The van der Waals surface area contributed by atoms with E-state index in [2.05, 4.69) is 29.7 Å². The molecule has 17 heavy (non-hydrogen) atoms. The molecule has 1 aliphatic rings. The first-order chi connectivity index (χ1) is 8.29. The van der Waals surface area contributed by atoms with Crippen molar-refractivity contribution in [1.29, 1.82) is 0 Å². The zero-order valence-electron chi connectivity index (χ0n) is 10.4. The van der Waals surface area contributed by atoms with Crippen molar-refractivity contribution in [3.05, 3.63) is 34.9 Å². The van der Waals surface area contributed by atoms with Gasteiger partial charge < -0.3 is 10.6 Å². The Morgan fingerprint density at radius 1 is 1.29 bits per heavy atom. The normalized spacial score (nSPS) is 19.2. The first-order valence-corrected chi connectivity index (χ1v) is 6.89. The van der Waals surface area contributed by atoms with E-state index in [-0.39, 0.29) is 0 Å². The van der Waals surface area contributed by atoms with E-state index < -0.39 is 0 Å². The summed E-state index contributed by atoms with van der Waals surface area (Å²) in [6, 6.07) is 9.31. The molecular weight excluding hydrogens is 232 g/mol. The minimum Gasteiger partial charge on any atom is -0.317 e. The second-order valence-electron chi connectivity index (χ2n) is 4.70. The number of piperidine rings is 1. The van der Waals surface area contributed by atoms with Gasteiger partial charge in [0.2, 0.25) is 0 Å². The Bertz CT molecular complexity index is 331. The third-order valence-electron chi connectivity index (χ3n) is 3.46. The predicted molar refractivity (Wildman–Crippen MR) is 73.5 cm³/mol. The highest BCUT2D eigenvalue weighted by Crippen LogP contribution is 2.21. The molecule has 1 fully saturated rings. The highest BCUT2D eigenvalue weighted by molar-refractivity contribution is 6.30. The van der Waals surface area contributed by atoms with E-state index in [1.54, 1.807) is 0 Å². The summed E-state index contributed by atoms with van der Waals surface area (Å²) in [5, 5.41) is 7.96. The summed E-state index contributed by atoms with van der Waals surface area (Å²) in [6.45, 7) is 4.50. The van der Waals surface area contributed by atoms with Gasteiger partial charge in [-0.1, -0.05) is 30.7 Å². The quantitative estimate of drug-likeness (QED) is 0.860. The maximum Gasteiger partial charge on any atom is 0.0406 e. The molecule has 2 N–H and O–H groups in total. The van der Waals surface area contributed by atoms with Gasteiger partial charge in [0.25, 0.3) is 0 Å². The molecule has 1 heterocycles. The number of halogens is 1. The molecule has 1 saturated heterocycles. The summed E-state index contributed by atoms with van der Waals surface area (Å²) in [4.78, 5) is 0. The van der Waals surface area contributed by atoms with Crippen LogP contribution in [0.5, 0.6) is 0 Å². The molecule has 0 spiro atoms. The molecule has 0 amide bonds. The van der Waals surface area contributed by atoms with E-state index in [1.807, 2.05) is 12.1 Å².